The highest BCUT2D eigenvalue weighted by Crippen LogP contribution is 2.31. The van der Waals surface area contributed by atoms with Crippen LogP contribution in [0.25, 0.3) is 0 Å². The third-order valence-corrected chi connectivity index (χ3v) is 4.04. The molecule has 1 N–H and O–H groups in total. The van der Waals surface area contributed by atoms with Crippen LogP contribution in [0, 0.1) is 6.92 Å². The van der Waals surface area contributed by atoms with Crippen LogP contribution in [0.15, 0.2) is 46.9 Å². The van der Waals surface area contributed by atoms with E-state index in [1.54, 1.807) is 7.11 Å². The summed E-state index contributed by atoms with van der Waals surface area (Å²) in [6, 6.07) is 14.9. The lowest BCUT2D eigenvalue weighted by Crippen LogP contribution is -2.22. The summed E-state index contributed by atoms with van der Waals surface area (Å²) < 4.78 is 6.28. The predicted molar refractivity (Wildman–Crippen MR) is 87.4 cm³/mol. The van der Waals surface area contributed by atoms with Crippen molar-refractivity contribution in [3.63, 3.8) is 0 Å². The van der Waals surface area contributed by atoms with E-state index in [-0.39, 0.29) is 6.04 Å². The first-order valence-electron chi connectivity index (χ1n) is 6.79. The number of hydrogen-bond donors (Lipinski definition) is 1. The molecule has 2 aromatic rings. The van der Waals surface area contributed by atoms with Crippen LogP contribution >= 0.6 is 15.9 Å². The zero-order valence-electron chi connectivity index (χ0n) is 12.1. The topological polar surface area (TPSA) is 21.3 Å². The van der Waals surface area contributed by atoms with Crippen molar-refractivity contribution in [3.8, 4) is 5.75 Å². The molecule has 106 valence electrons. The zero-order valence-corrected chi connectivity index (χ0v) is 13.7. The number of methoxy groups -OCH3 is 1. The van der Waals surface area contributed by atoms with E-state index < -0.39 is 0 Å². The van der Waals surface area contributed by atoms with E-state index >= 15 is 0 Å². The third-order valence-electron chi connectivity index (χ3n) is 3.42. The van der Waals surface area contributed by atoms with Gasteiger partial charge in [-0.05, 0) is 58.2 Å². The first-order valence-corrected chi connectivity index (χ1v) is 7.59. The van der Waals surface area contributed by atoms with Gasteiger partial charge in [-0.2, -0.15) is 0 Å². The van der Waals surface area contributed by atoms with E-state index in [0.717, 1.165) is 16.8 Å². The summed E-state index contributed by atoms with van der Waals surface area (Å²) >= 11 is 3.57. The Bertz CT molecular complexity index is 583. The molecule has 2 rings (SSSR count). The normalized spacial score (nSPS) is 12.2. The molecule has 0 amide bonds. The van der Waals surface area contributed by atoms with Crippen molar-refractivity contribution in [2.45, 2.75) is 19.9 Å². The maximum Gasteiger partial charge on any atom is 0.133 e. The van der Waals surface area contributed by atoms with Crippen LogP contribution in [0.2, 0.25) is 0 Å². The summed E-state index contributed by atoms with van der Waals surface area (Å²) in [5.74, 6) is 0.855. The molecular weight excluding hydrogens is 314 g/mol. The van der Waals surface area contributed by atoms with E-state index in [9.17, 15) is 0 Å². The zero-order chi connectivity index (χ0) is 14.5. The van der Waals surface area contributed by atoms with Gasteiger partial charge in [0.05, 0.1) is 17.6 Å². The summed E-state index contributed by atoms with van der Waals surface area (Å²) in [6.07, 6.45) is 0. The van der Waals surface area contributed by atoms with Gasteiger partial charge in [-0.3, -0.25) is 0 Å². The lowest BCUT2D eigenvalue weighted by Gasteiger charge is -2.21. The minimum atomic E-state index is 0.198. The van der Waals surface area contributed by atoms with Crippen LogP contribution in [-0.2, 0) is 0 Å². The molecule has 0 aliphatic heterocycles. The molecule has 0 aliphatic carbocycles. The Kier molecular flexibility index (Phi) is 5.21. The van der Waals surface area contributed by atoms with Crippen LogP contribution in [0.5, 0.6) is 5.75 Å². The van der Waals surface area contributed by atoms with Crippen LogP contribution in [0.4, 0.5) is 0 Å². The summed E-state index contributed by atoms with van der Waals surface area (Å²) in [7, 11) is 1.68. The molecule has 0 heterocycles. The fourth-order valence-corrected chi connectivity index (χ4v) is 2.94. The van der Waals surface area contributed by atoms with Gasteiger partial charge in [0.1, 0.15) is 5.75 Å². The van der Waals surface area contributed by atoms with E-state index in [1.165, 1.54) is 16.7 Å². The Balaban J connectivity index is 2.43. The molecular formula is C17H20BrNO. The molecule has 0 radical (unpaired) electrons. The van der Waals surface area contributed by atoms with Gasteiger partial charge in [-0.15, -0.1) is 0 Å². The number of rotatable bonds is 5. The Morgan fingerprint density at radius 3 is 2.55 bits per heavy atom. The van der Waals surface area contributed by atoms with E-state index in [2.05, 4.69) is 71.5 Å². The van der Waals surface area contributed by atoms with E-state index in [4.69, 9.17) is 4.74 Å². The second-order valence-corrected chi connectivity index (χ2v) is 5.60. The molecule has 1 unspecified atom stereocenters. The maximum absolute atomic E-state index is 5.30. The molecule has 0 saturated heterocycles. The number of benzene rings is 2. The Morgan fingerprint density at radius 2 is 1.95 bits per heavy atom. The molecule has 2 aromatic carbocycles. The van der Waals surface area contributed by atoms with Gasteiger partial charge in [-0.1, -0.05) is 37.3 Å². The second-order valence-electron chi connectivity index (χ2n) is 4.74. The molecule has 3 heteroatoms. The quantitative estimate of drug-likeness (QED) is 0.871. The van der Waals surface area contributed by atoms with Gasteiger partial charge in [0, 0.05) is 0 Å². The highest BCUT2D eigenvalue weighted by Gasteiger charge is 2.16. The number of halogens is 1. The summed E-state index contributed by atoms with van der Waals surface area (Å²) in [6.45, 7) is 5.20. The number of ether oxygens (including phenoxy) is 1. The molecule has 0 fully saturated rings. The van der Waals surface area contributed by atoms with Gasteiger partial charge in [0.25, 0.3) is 0 Å². The van der Waals surface area contributed by atoms with Gasteiger partial charge in [-0.25, -0.2) is 0 Å². The smallest absolute Gasteiger partial charge is 0.133 e. The molecule has 0 saturated carbocycles. The van der Waals surface area contributed by atoms with E-state index in [0.29, 0.717) is 0 Å². The lowest BCUT2D eigenvalue weighted by atomic mass is 9.95. The fourth-order valence-electron chi connectivity index (χ4n) is 2.38. The number of hydrogen-bond acceptors (Lipinski definition) is 2. The van der Waals surface area contributed by atoms with Crippen molar-refractivity contribution in [1.82, 2.24) is 5.32 Å². The average Bonchev–Trinajstić information content (AvgIpc) is 2.46. The second kappa shape index (κ2) is 6.91. The minimum absolute atomic E-state index is 0.198. The molecule has 0 aliphatic rings. The molecule has 2 nitrogen and oxygen atoms in total. The van der Waals surface area contributed by atoms with Crippen molar-refractivity contribution < 1.29 is 4.74 Å². The SMILES string of the molecule is CCNC(c1ccc(OC)c(Br)c1)c1ccccc1C. The van der Waals surface area contributed by atoms with E-state index in [1.807, 2.05) is 6.07 Å². The molecule has 1 atom stereocenters. The summed E-state index contributed by atoms with van der Waals surface area (Å²) in [5.41, 5.74) is 3.84. The Labute approximate surface area is 129 Å². The molecule has 0 bridgehead atoms. The van der Waals surface area contributed by atoms with Gasteiger partial charge in [0.15, 0.2) is 0 Å². The van der Waals surface area contributed by atoms with Crippen LogP contribution in [-0.4, -0.2) is 13.7 Å². The van der Waals surface area contributed by atoms with Crippen molar-refractivity contribution in [1.29, 1.82) is 0 Å². The number of nitrogens with one attached hydrogen (secondary N) is 1. The molecule has 0 aromatic heterocycles. The highest BCUT2D eigenvalue weighted by molar-refractivity contribution is 9.10. The predicted octanol–water partition coefficient (Wildman–Crippen LogP) is 4.47. The largest absolute Gasteiger partial charge is 0.496 e. The number of aryl methyl sites for hydroxylation is 1. The Morgan fingerprint density at radius 1 is 1.20 bits per heavy atom. The van der Waals surface area contributed by atoms with Crippen molar-refractivity contribution in [2.75, 3.05) is 13.7 Å². The highest BCUT2D eigenvalue weighted by atomic mass is 79.9. The van der Waals surface area contributed by atoms with Gasteiger partial charge >= 0.3 is 0 Å². The fraction of sp³-hybridized carbons (Fsp3) is 0.294. The maximum atomic E-state index is 5.30. The van der Waals surface area contributed by atoms with Gasteiger partial charge < -0.3 is 10.1 Å². The lowest BCUT2D eigenvalue weighted by molar-refractivity contribution is 0.412. The summed E-state index contributed by atoms with van der Waals surface area (Å²) in [5, 5.41) is 3.56. The first-order chi connectivity index (χ1) is 9.67. The summed E-state index contributed by atoms with van der Waals surface area (Å²) in [4.78, 5) is 0. The molecule has 20 heavy (non-hydrogen) atoms. The standard InChI is InChI=1S/C17H20BrNO/c1-4-19-17(14-8-6-5-7-12(14)2)13-9-10-16(20-3)15(18)11-13/h5-11,17,19H,4H2,1-3H3. The average molecular weight is 334 g/mol. The minimum Gasteiger partial charge on any atom is -0.496 e. The monoisotopic (exact) mass is 333 g/mol. The first kappa shape index (κ1) is 15.1. The molecule has 0 spiro atoms. The van der Waals surface area contributed by atoms with Gasteiger partial charge in [0.2, 0.25) is 0 Å². The van der Waals surface area contributed by atoms with Crippen molar-refractivity contribution >= 4 is 15.9 Å². The van der Waals surface area contributed by atoms with Crippen LogP contribution in [0.3, 0.4) is 0 Å². The van der Waals surface area contributed by atoms with Crippen LogP contribution < -0.4 is 10.1 Å². The third kappa shape index (κ3) is 3.22. The van der Waals surface area contributed by atoms with Crippen molar-refractivity contribution in [3.05, 3.63) is 63.6 Å². The van der Waals surface area contributed by atoms with Crippen molar-refractivity contribution in [2.24, 2.45) is 0 Å². The Hall–Kier alpha value is -1.32. The van der Waals surface area contributed by atoms with Crippen LogP contribution in [0.1, 0.15) is 29.7 Å².